The highest BCUT2D eigenvalue weighted by molar-refractivity contribution is 7.10. The zero-order chi connectivity index (χ0) is 15.3. The normalized spacial score (nSPS) is 12.8. The highest BCUT2D eigenvalue weighted by Gasteiger charge is 2.20. The lowest BCUT2D eigenvalue weighted by atomic mass is 9.97. The number of carboxylic acid groups (broad SMARTS) is 1. The molecule has 5 heteroatoms. The number of rotatable bonds is 6. The fourth-order valence-electron chi connectivity index (χ4n) is 1.68. The van der Waals surface area contributed by atoms with Gasteiger partial charge in [-0.05, 0) is 29.0 Å². The first-order chi connectivity index (χ1) is 9.31. The van der Waals surface area contributed by atoms with Crippen molar-refractivity contribution in [3.63, 3.8) is 0 Å². The molecule has 0 aliphatic rings. The van der Waals surface area contributed by atoms with E-state index >= 15 is 0 Å². The first kappa shape index (κ1) is 16.4. The van der Waals surface area contributed by atoms with Crippen molar-refractivity contribution in [2.45, 2.75) is 27.3 Å². The third-order valence-electron chi connectivity index (χ3n) is 3.25. The third kappa shape index (κ3) is 4.81. The zero-order valence-electron chi connectivity index (χ0n) is 12.3. The lowest BCUT2D eigenvalue weighted by Crippen LogP contribution is -2.33. The van der Waals surface area contributed by atoms with E-state index in [-0.39, 0.29) is 11.8 Å². The lowest BCUT2D eigenvalue weighted by molar-refractivity contribution is -0.135. The van der Waals surface area contributed by atoms with Crippen molar-refractivity contribution >= 4 is 29.3 Å². The maximum atomic E-state index is 12.1. The fraction of sp³-hybridized carbons (Fsp3) is 0.467. The van der Waals surface area contributed by atoms with E-state index in [9.17, 15) is 9.59 Å². The van der Waals surface area contributed by atoms with Crippen molar-refractivity contribution in [3.8, 4) is 0 Å². The SMILES string of the molecule is CC(C)C(C)C(=O)N(C)Cc1cc(C=CC(=O)O)cs1. The van der Waals surface area contributed by atoms with Gasteiger partial charge in [0, 0.05) is 23.9 Å². The molecule has 1 rings (SSSR count). The van der Waals surface area contributed by atoms with Gasteiger partial charge >= 0.3 is 5.97 Å². The monoisotopic (exact) mass is 295 g/mol. The van der Waals surface area contributed by atoms with E-state index in [0.29, 0.717) is 12.5 Å². The zero-order valence-corrected chi connectivity index (χ0v) is 13.1. The molecule has 1 amide bonds. The summed E-state index contributed by atoms with van der Waals surface area (Å²) in [5, 5.41) is 10.5. The Morgan fingerprint density at radius 2 is 2.05 bits per heavy atom. The molecule has 0 bridgehead atoms. The number of carboxylic acids is 1. The average molecular weight is 295 g/mol. The molecule has 0 aliphatic carbocycles. The first-order valence-corrected chi connectivity index (χ1v) is 7.42. The van der Waals surface area contributed by atoms with E-state index in [2.05, 4.69) is 0 Å². The van der Waals surface area contributed by atoms with Gasteiger partial charge in [-0.2, -0.15) is 0 Å². The minimum absolute atomic E-state index is 0.00587. The number of nitrogens with zero attached hydrogens (tertiary/aromatic N) is 1. The summed E-state index contributed by atoms with van der Waals surface area (Å²) in [4.78, 5) is 25.4. The molecule has 110 valence electrons. The molecule has 0 aliphatic heterocycles. The Morgan fingerprint density at radius 3 is 2.60 bits per heavy atom. The molecule has 1 heterocycles. The molecule has 0 saturated heterocycles. The van der Waals surface area contributed by atoms with Crippen molar-refractivity contribution in [2.24, 2.45) is 11.8 Å². The lowest BCUT2D eigenvalue weighted by Gasteiger charge is -2.23. The summed E-state index contributed by atoms with van der Waals surface area (Å²) < 4.78 is 0. The number of thiophene rings is 1. The molecular formula is C15H21NO3S. The fourth-order valence-corrected chi connectivity index (χ4v) is 2.59. The number of carbonyl (C=O) groups excluding carboxylic acids is 1. The van der Waals surface area contributed by atoms with Crippen LogP contribution in [0.3, 0.4) is 0 Å². The quantitative estimate of drug-likeness (QED) is 0.820. The Bertz CT molecular complexity index is 505. The highest BCUT2D eigenvalue weighted by atomic mass is 32.1. The molecule has 4 nitrogen and oxygen atoms in total. The Morgan fingerprint density at radius 1 is 1.40 bits per heavy atom. The summed E-state index contributed by atoms with van der Waals surface area (Å²) in [5.41, 5.74) is 0.852. The molecule has 1 aromatic rings. The molecule has 1 N–H and O–H groups in total. The summed E-state index contributed by atoms with van der Waals surface area (Å²) in [5.74, 6) is -0.500. The van der Waals surface area contributed by atoms with Crippen molar-refractivity contribution < 1.29 is 14.7 Å². The number of hydrogen-bond donors (Lipinski definition) is 1. The number of hydrogen-bond acceptors (Lipinski definition) is 3. The first-order valence-electron chi connectivity index (χ1n) is 6.54. The van der Waals surface area contributed by atoms with Crippen LogP contribution in [0.5, 0.6) is 0 Å². The van der Waals surface area contributed by atoms with Gasteiger partial charge in [-0.25, -0.2) is 4.79 Å². The summed E-state index contributed by atoms with van der Waals surface area (Å²) in [6, 6.07) is 1.91. The van der Waals surface area contributed by atoms with Gasteiger partial charge in [0.1, 0.15) is 0 Å². The van der Waals surface area contributed by atoms with E-state index in [1.165, 1.54) is 11.3 Å². The predicted octanol–water partition coefficient (Wildman–Crippen LogP) is 3.10. The van der Waals surface area contributed by atoms with Crippen LogP contribution in [0.2, 0.25) is 0 Å². The highest BCUT2D eigenvalue weighted by Crippen LogP contribution is 2.19. The van der Waals surface area contributed by atoms with E-state index < -0.39 is 5.97 Å². The molecule has 1 aromatic heterocycles. The second-order valence-corrected chi connectivity index (χ2v) is 6.24. The molecule has 0 radical (unpaired) electrons. The van der Waals surface area contributed by atoms with Gasteiger partial charge < -0.3 is 10.0 Å². The minimum Gasteiger partial charge on any atom is -0.478 e. The minimum atomic E-state index is -0.962. The van der Waals surface area contributed by atoms with Crippen LogP contribution in [0.15, 0.2) is 17.5 Å². The largest absolute Gasteiger partial charge is 0.478 e. The standard InChI is InChI=1S/C15H21NO3S/c1-10(2)11(3)15(19)16(4)8-13-7-12(9-20-13)5-6-14(17)18/h5-7,9-11H,8H2,1-4H3,(H,17,18). The number of amides is 1. The van der Waals surface area contributed by atoms with E-state index in [1.54, 1.807) is 18.0 Å². The van der Waals surface area contributed by atoms with Gasteiger partial charge in [0.15, 0.2) is 0 Å². The number of carbonyl (C=O) groups is 2. The van der Waals surface area contributed by atoms with Crippen LogP contribution >= 0.6 is 11.3 Å². The van der Waals surface area contributed by atoms with Crippen LogP contribution in [-0.4, -0.2) is 28.9 Å². The second-order valence-electron chi connectivity index (χ2n) is 5.24. The molecule has 0 aromatic carbocycles. The second kappa shape index (κ2) is 7.24. The summed E-state index contributed by atoms with van der Waals surface area (Å²) in [6.45, 7) is 6.58. The van der Waals surface area contributed by atoms with Gasteiger partial charge in [-0.15, -0.1) is 11.3 Å². The molecule has 0 spiro atoms. The Balaban J connectivity index is 2.65. The maximum Gasteiger partial charge on any atom is 0.328 e. The van der Waals surface area contributed by atoms with Crippen LogP contribution in [0.1, 0.15) is 31.2 Å². The van der Waals surface area contributed by atoms with Crippen molar-refractivity contribution in [1.82, 2.24) is 4.90 Å². The Hall–Kier alpha value is -1.62. The molecule has 20 heavy (non-hydrogen) atoms. The molecule has 0 fully saturated rings. The van der Waals surface area contributed by atoms with Gasteiger partial charge in [-0.3, -0.25) is 4.79 Å². The summed E-state index contributed by atoms with van der Waals surface area (Å²) >= 11 is 1.53. The van der Waals surface area contributed by atoms with Crippen molar-refractivity contribution in [1.29, 1.82) is 0 Å². The van der Waals surface area contributed by atoms with Crippen molar-refractivity contribution in [2.75, 3.05) is 7.05 Å². The van der Waals surface area contributed by atoms with Gasteiger partial charge in [-0.1, -0.05) is 20.8 Å². The topological polar surface area (TPSA) is 57.6 Å². The summed E-state index contributed by atoms with van der Waals surface area (Å²) in [6.07, 6.45) is 2.67. The van der Waals surface area contributed by atoms with Crippen LogP contribution < -0.4 is 0 Å². The van der Waals surface area contributed by atoms with Crippen LogP contribution in [0.4, 0.5) is 0 Å². The third-order valence-corrected chi connectivity index (χ3v) is 4.19. The Kier molecular flexibility index (Phi) is 5.95. The average Bonchev–Trinajstić information content (AvgIpc) is 2.81. The maximum absolute atomic E-state index is 12.1. The molecule has 0 saturated carbocycles. The van der Waals surface area contributed by atoms with Crippen LogP contribution in [0, 0.1) is 11.8 Å². The summed E-state index contributed by atoms with van der Waals surface area (Å²) in [7, 11) is 1.80. The smallest absolute Gasteiger partial charge is 0.328 e. The van der Waals surface area contributed by atoms with Gasteiger partial charge in [0.2, 0.25) is 5.91 Å². The molecule has 1 unspecified atom stereocenters. The predicted molar refractivity (Wildman–Crippen MR) is 81.5 cm³/mol. The molecule has 1 atom stereocenters. The van der Waals surface area contributed by atoms with Gasteiger partial charge in [0.05, 0.1) is 6.54 Å². The van der Waals surface area contributed by atoms with Gasteiger partial charge in [0.25, 0.3) is 0 Å². The van der Waals surface area contributed by atoms with E-state index in [1.807, 2.05) is 32.2 Å². The van der Waals surface area contributed by atoms with E-state index in [4.69, 9.17) is 5.11 Å². The Labute approximate surface area is 123 Å². The molecular weight excluding hydrogens is 274 g/mol. The van der Waals surface area contributed by atoms with Crippen LogP contribution in [0.25, 0.3) is 6.08 Å². The number of aliphatic carboxylic acids is 1. The van der Waals surface area contributed by atoms with Crippen molar-refractivity contribution in [3.05, 3.63) is 28.0 Å². The van der Waals surface area contributed by atoms with E-state index in [0.717, 1.165) is 16.5 Å². The van der Waals surface area contributed by atoms with Crippen LogP contribution in [-0.2, 0) is 16.1 Å².